The standard InChI is InChI=1S/C13H7Cl2FN4O4/c14-7-4-10-12(5-8(7)15)19(22)18(13(21)17-10)6-1-2-9(16)11(3-6)20(23)24/h1-5,22H,(H,17,21). The van der Waals surface area contributed by atoms with Gasteiger partial charge in [0.25, 0.3) is 0 Å². The molecule has 0 aromatic heterocycles. The summed E-state index contributed by atoms with van der Waals surface area (Å²) in [4.78, 5) is 22.1. The Morgan fingerprint density at radius 3 is 2.54 bits per heavy atom. The summed E-state index contributed by atoms with van der Waals surface area (Å²) in [6, 6.07) is 4.55. The van der Waals surface area contributed by atoms with Gasteiger partial charge in [-0.15, -0.1) is 0 Å². The van der Waals surface area contributed by atoms with Crippen LogP contribution in [0, 0.1) is 15.9 Å². The van der Waals surface area contributed by atoms with E-state index in [1.807, 2.05) is 0 Å². The normalized spacial score (nSPS) is 13.6. The molecule has 0 atom stereocenters. The van der Waals surface area contributed by atoms with Crippen molar-refractivity contribution in [3.8, 4) is 0 Å². The van der Waals surface area contributed by atoms with Crippen LogP contribution in [-0.4, -0.2) is 16.2 Å². The summed E-state index contributed by atoms with van der Waals surface area (Å²) in [5.41, 5.74) is -0.700. The first-order valence-corrected chi connectivity index (χ1v) is 7.08. The van der Waals surface area contributed by atoms with E-state index < -0.39 is 22.5 Å². The summed E-state index contributed by atoms with van der Waals surface area (Å²) in [7, 11) is 0. The van der Waals surface area contributed by atoms with Crippen molar-refractivity contribution in [1.29, 1.82) is 0 Å². The highest BCUT2D eigenvalue weighted by Crippen LogP contribution is 2.39. The fourth-order valence-corrected chi connectivity index (χ4v) is 2.48. The summed E-state index contributed by atoms with van der Waals surface area (Å²) in [6.45, 7) is 0. The van der Waals surface area contributed by atoms with Crippen LogP contribution in [0.2, 0.25) is 10.0 Å². The van der Waals surface area contributed by atoms with Crippen LogP contribution in [0.25, 0.3) is 0 Å². The van der Waals surface area contributed by atoms with Crippen LogP contribution in [0.1, 0.15) is 0 Å². The predicted octanol–water partition coefficient (Wildman–Crippen LogP) is 4.20. The molecule has 2 aromatic carbocycles. The van der Waals surface area contributed by atoms with Crippen molar-refractivity contribution in [2.75, 3.05) is 15.5 Å². The third-order valence-electron chi connectivity index (χ3n) is 3.25. The molecule has 1 aliphatic heterocycles. The number of fused-ring (bicyclic) bond motifs is 1. The van der Waals surface area contributed by atoms with E-state index in [0.717, 1.165) is 18.2 Å². The van der Waals surface area contributed by atoms with E-state index in [0.29, 0.717) is 10.2 Å². The third kappa shape index (κ3) is 2.58. The van der Waals surface area contributed by atoms with Crippen LogP contribution in [0.5, 0.6) is 0 Å². The van der Waals surface area contributed by atoms with Crippen molar-refractivity contribution in [1.82, 2.24) is 0 Å². The van der Waals surface area contributed by atoms with Gasteiger partial charge >= 0.3 is 11.7 Å². The second-order valence-corrected chi connectivity index (χ2v) is 5.52. The molecule has 124 valence electrons. The summed E-state index contributed by atoms with van der Waals surface area (Å²) >= 11 is 11.7. The number of nitro groups is 1. The lowest BCUT2D eigenvalue weighted by Gasteiger charge is -2.36. The fraction of sp³-hybridized carbons (Fsp3) is 0. The number of nitrogens with zero attached hydrogens (tertiary/aromatic N) is 3. The fourth-order valence-electron chi connectivity index (χ4n) is 2.16. The van der Waals surface area contributed by atoms with Gasteiger partial charge < -0.3 is 5.32 Å². The number of benzene rings is 2. The molecule has 0 bridgehead atoms. The zero-order valence-corrected chi connectivity index (χ0v) is 13.0. The maximum Gasteiger partial charge on any atom is 0.347 e. The van der Waals surface area contributed by atoms with E-state index in [4.69, 9.17) is 23.2 Å². The molecule has 0 saturated heterocycles. The van der Waals surface area contributed by atoms with Crippen molar-refractivity contribution in [2.24, 2.45) is 0 Å². The maximum atomic E-state index is 13.4. The van der Waals surface area contributed by atoms with Crippen LogP contribution in [0.15, 0.2) is 30.3 Å². The van der Waals surface area contributed by atoms with Gasteiger partial charge in [-0.1, -0.05) is 23.2 Å². The van der Waals surface area contributed by atoms with Gasteiger partial charge in [0.05, 0.1) is 26.3 Å². The Hall–Kier alpha value is -2.62. The molecule has 2 N–H and O–H groups in total. The number of rotatable bonds is 2. The van der Waals surface area contributed by atoms with Crippen LogP contribution in [0.3, 0.4) is 0 Å². The number of hydrogen-bond acceptors (Lipinski definition) is 5. The van der Waals surface area contributed by atoms with Crippen molar-refractivity contribution in [3.05, 3.63) is 56.3 Å². The molecular weight excluding hydrogens is 366 g/mol. The van der Waals surface area contributed by atoms with Gasteiger partial charge in [-0.05, 0) is 24.3 Å². The van der Waals surface area contributed by atoms with Gasteiger partial charge in [-0.2, -0.15) is 14.6 Å². The zero-order valence-electron chi connectivity index (χ0n) is 11.5. The van der Waals surface area contributed by atoms with Crippen molar-refractivity contribution in [2.45, 2.75) is 0 Å². The molecule has 0 radical (unpaired) electrons. The predicted molar refractivity (Wildman–Crippen MR) is 85.3 cm³/mol. The van der Waals surface area contributed by atoms with Crippen molar-refractivity contribution >= 4 is 52.0 Å². The number of carbonyl (C=O) groups is 1. The molecule has 24 heavy (non-hydrogen) atoms. The molecule has 0 spiro atoms. The molecular formula is C13H7Cl2FN4O4. The molecule has 2 aromatic rings. The van der Waals surface area contributed by atoms with Gasteiger partial charge in [0.1, 0.15) is 5.69 Å². The zero-order chi connectivity index (χ0) is 17.6. The molecule has 1 aliphatic rings. The van der Waals surface area contributed by atoms with Crippen molar-refractivity contribution in [3.63, 3.8) is 0 Å². The Balaban J connectivity index is 2.09. The summed E-state index contributed by atoms with van der Waals surface area (Å²) in [6.07, 6.45) is 0. The minimum atomic E-state index is -1.07. The van der Waals surface area contributed by atoms with E-state index in [9.17, 15) is 24.5 Å². The SMILES string of the molecule is O=C1Nc2cc(Cl)c(Cl)cc2N(O)N1c1ccc(F)c([N+](=O)[O-])c1. The number of urea groups is 1. The van der Waals surface area contributed by atoms with E-state index in [2.05, 4.69) is 5.32 Å². The Morgan fingerprint density at radius 1 is 1.21 bits per heavy atom. The quantitative estimate of drug-likeness (QED) is 0.607. The first-order chi connectivity index (χ1) is 11.3. The van der Waals surface area contributed by atoms with E-state index in [-0.39, 0.29) is 27.1 Å². The number of hydrazine groups is 1. The smallest absolute Gasteiger partial charge is 0.304 e. The number of hydrogen-bond donors (Lipinski definition) is 2. The Kier molecular flexibility index (Phi) is 3.91. The number of carbonyl (C=O) groups excluding carboxylic acids is 1. The van der Waals surface area contributed by atoms with Gasteiger partial charge in [-0.25, -0.2) is 4.79 Å². The molecule has 11 heteroatoms. The largest absolute Gasteiger partial charge is 0.347 e. The number of amides is 2. The second-order valence-electron chi connectivity index (χ2n) is 4.71. The molecule has 1 heterocycles. The maximum absolute atomic E-state index is 13.4. The van der Waals surface area contributed by atoms with Crippen molar-refractivity contribution < 1.29 is 19.3 Å². The first-order valence-electron chi connectivity index (χ1n) is 6.32. The van der Waals surface area contributed by atoms with E-state index in [1.165, 1.54) is 12.1 Å². The molecule has 0 saturated carbocycles. The highest BCUT2D eigenvalue weighted by atomic mass is 35.5. The first kappa shape index (κ1) is 16.2. The topological polar surface area (TPSA) is 99.0 Å². The highest BCUT2D eigenvalue weighted by Gasteiger charge is 2.32. The number of anilines is 3. The number of nitro benzene ring substituents is 1. The summed E-state index contributed by atoms with van der Waals surface area (Å²) < 4.78 is 13.4. The van der Waals surface area contributed by atoms with Gasteiger partial charge in [0.2, 0.25) is 5.82 Å². The highest BCUT2D eigenvalue weighted by molar-refractivity contribution is 6.42. The lowest BCUT2D eigenvalue weighted by molar-refractivity contribution is -0.387. The van der Waals surface area contributed by atoms with Crippen LogP contribution in [-0.2, 0) is 0 Å². The summed E-state index contributed by atoms with van der Waals surface area (Å²) in [5.74, 6) is -1.07. The third-order valence-corrected chi connectivity index (χ3v) is 3.97. The van der Waals surface area contributed by atoms with E-state index in [1.54, 1.807) is 0 Å². The molecule has 3 rings (SSSR count). The van der Waals surface area contributed by atoms with E-state index >= 15 is 0 Å². The number of halogens is 3. The van der Waals surface area contributed by atoms with Crippen LogP contribution < -0.4 is 15.5 Å². The lowest BCUT2D eigenvalue weighted by atomic mass is 10.2. The lowest BCUT2D eigenvalue weighted by Crippen LogP contribution is -2.51. The molecule has 0 unspecified atom stereocenters. The minimum absolute atomic E-state index is 0.0796. The number of nitrogens with one attached hydrogen (secondary N) is 1. The molecule has 0 fully saturated rings. The molecule has 2 amide bonds. The molecule has 0 aliphatic carbocycles. The summed E-state index contributed by atoms with van der Waals surface area (Å²) in [5, 5.41) is 25.0. The minimum Gasteiger partial charge on any atom is -0.304 e. The monoisotopic (exact) mass is 372 g/mol. The average Bonchev–Trinajstić information content (AvgIpc) is 2.51. The van der Waals surface area contributed by atoms with Gasteiger partial charge in [-0.3, -0.25) is 15.3 Å². The van der Waals surface area contributed by atoms with Crippen LogP contribution in [0.4, 0.5) is 31.9 Å². The average molecular weight is 373 g/mol. The molecule has 8 nitrogen and oxygen atoms in total. The Morgan fingerprint density at radius 2 is 1.88 bits per heavy atom. The Labute approximate surface area is 143 Å². The van der Waals surface area contributed by atoms with Crippen LogP contribution >= 0.6 is 23.2 Å². The Bertz CT molecular complexity index is 879. The second kappa shape index (κ2) is 5.78. The van der Waals surface area contributed by atoms with Gasteiger partial charge in [0, 0.05) is 6.07 Å². The van der Waals surface area contributed by atoms with Gasteiger partial charge in [0.15, 0.2) is 0 Å².